The Labute approximate surface area is 159 Å². The molecule has 2 saturated heterocycles. The number of nitrogens with one attached hydrogen (secondary N) is 1. The van der Waals surface area contributed by atoms with Crippen molar-refractivity contribution in [1.29, 1.82) is 0 Å². The molecule has 24 heavy (non-hydrogen) atoms. The van der Waals surface area contributed by atoms with Crippen molar-refractivity contribution in [3.8, 4) is 0 Å². The molecular formula is C17H35Cl2N3O2. The van der Waals surface area contributed by atoms with Gasteiger partial charge in [0, 0.05) is 13.1 Å². The molecule has 2 aliphatic rings. The minimum Gasteiger partial charge on any atom is -0.364 e. The monoisotopic (exact) mass is 383 g/mol. The Balaban J connectivity index is 0.00000264. The summed E-state index contributed by atoms with van der Waals surface area (Å²) in [5.41, 5.74) is 5.58. The molecule has 2 aliphatic heterocycles. The predicted octanol–water partition coefficient (Wildman–Crippen LogP) is 2.21. The van der Waals surface area contributed by atoms with Gasteiger partial charge in [-0.3, -0.25) is 4.79 Å². The van der Waals surface area contributed by atoms with Crippen molar-refractivity contribution in [2.45, 2.75) is 58.2 Å². The summed E-state index contributed by atoms with van der Waals surface area (Å²) in [6.45, 7) is 9.42. The molecule has 2 heterocycles. The van der Waals surface area contributed by atoms with Crippen molar-refractivity contribution in [3.05, 3.63) is 0 Å². The van der Waals surface area contributed by atoms with E-state index in [9.17, 15) is 4.79 Å². The number of piperidine rings is 1. The van der Waals surface area contributed by atoms with Crippen LogP contribution < -0.4 is 11.1 Å². The molecule has 0 saturated carbocycles. The molecule has 3 N–H and O–H groups in total. The molecule has 2 atom stereocenters. The van der Waals surface area contributed by atoms with Crippen LogP contribution in [0.3, 0.4) is 0 Å². The fraction of sp³-hybridized carbons (Fsp3) is 0.941. The Hall–Kier alpha value is -0.0700. The van der Waals surface area contributed by atoms with E-state index in [-0.39, 0.29) is 42.9 Å². The predicted molar refractivity (Wildman–Crippen MR) is 103 cm³/mol. The van der Waals surface area contributed by atoms with Crippen LogP contribution in [0.2, 0.25) is 0 Å². The number of halogens is 2. The number of ether oxygens (including phenoxy) is 1. The molecule has 2 rings (SSSR count). The Morgan fingerprint density at radius 2 is 1.88 bits per heavy atom. The minimum absolute atomic E-state index is 0. The molecule has 0 aliphatic carbocycles. The first kappa shape index (κ1) is 23.9. The number of amides is 1. The van der Waals surface area contributed by atoms with E-state index in [4.69, 9.17) is 10.5 Å². The first-order chi connectivity index (χ1) is 10.6. The van der Waals surface area contributed by atoms with Gasteiger partial charge in [0.05, 0.1) is 6.10 Å². The average molecular weight is 384 g/mol. The van der Waals surface area contributed by atoms with Gasteiger partial charge in [0.15, 0.2) is 0 Å². The second kappa shape index (κ2) is 12.3. The highest BCUT2D eigenvalue weighted by molar-refractivity contribution is 5.85. The van der Waals surface area contributed by atoms with E-state index in [2.05, 4.69) is 24.1 Å². The fourth-order valence-corrected chi connectivity index (χ4v) is 3.29. The van der Waals surface area contributed by atoms with Crippen molar-refractivity contribution in [1.82, 2.24) is 10.2 Å². The molecule has 0 spiro atoms. The van der Waals surface area contributed by atoms with E-state index >= 15 is 0 Å². The molecular weight excluding hydrogens is 349 g/mol. The number of nitrogens with zero attached hydrogens (tertiary/aromatic N) is 1. The molecule has 0 aromatic carbocycles. The minimum atomic E-state index is -0.278. The summed E-state index contributed by atoms with van der Waals surface area (Å²) in [5.74, 6) is 1.45. The van der Waals surface area contributed by atoms with E-state index in [1.54, 1.807) is 0 Å². The molecule has 5 nitrogen and oxygen atoms in total. The van der Waals surface area contributed by atoms with Crippen LogP contribution >= 0.6 is 24.8 Å². The van der Waals surface area contributed by atoms with Crippen LogP contribution in [0.4, 0.5) is 0 Å². The van der Waals surface area contributed by atoms with Crippen LogP contribution in [0.1, 0.15) is 46.0 Å². The third kappa shape index (κ3) is 7.87. The average Bonchev–Trinajstić information content (AvgIpc) is 3.00. The van der Waals surface area contributed by atoms with Crippen LogP contribution in [-0.2, 0) is 9.53 Å². The van der Waals surface area contributed by atoms with Crippen LogP contribution in [-0.4, -0.2) is 55.7 Å². The highest BCUT2D eigenvalue weighted by Crippen LogP contribution is 2.20. The molecule has 0 bridgehead atoms. The highest BCUT2D eigenvalue weighted by atomic mass is 35.5. The summed E-state index contributed by atoms with van der Waals surface area (Å²) < 4.78 is 5.64. The lowest BCUT2D eigenvalue weighted by molar-refractivity contribution is -0.132. The zero-order chi connectivity index (χ0) is 15.9. The van der Waals surface area contributed by atoms with E-state index in [0.29, 0.717) is 12.5 Å². The molecule has 0 aromatic rings. The fourth-order valence-electron chi connectivity index (χ4n) is 3.29. The van der Waals surface area contributed by atoms with Gasteiger partial charge < -0.3 is 20.7 Å². The van der Waals surface area contributed by atoms with Gasteiger partial charge >= 0.3 is 0 Å². The standard InChI is InChI=1S/C17H33N3O2.2ClH/c1-13(2)5-8-20-9-6-14(7-10-20)12-19-17(21)16-4-3-15(11-18)22-16;;/h13-16H,3-12,18H2,1-2H3,(H,19,21);2*1H/t15-,16+;;/m1../s1. The lowest BCUT2D eigenvalue weighted by Gasteiger charge is -2.32. The molecule has 144 valence electrons. The van der Waals surface area contributed by atoms with Crippen molar-refractivity contribution < 1.29 is 9.53 Å². The van der Waals surface area contributed by atoms with Crippen molar-refractivity contribution in [3.63, 3.8) is 0 Å². The van der Waals surface area contributed by atoms with Gasteiger partial charge in [0.25, 0.3) is 0 Å². The number of likely N-dealkylation sites (tertiary alicyclic amines) is 1. The molecule has 7 heteroatoms. The van der Waals surface area contributed by atoms with Gasteiger partial charge in [-0.1, -0.05) is 13.8 Å². The van der Waals surface area contributed by atoms with E-state index in [1.165, 1.54) is 38.9 Å². The Morgan fingerprint density at radius 3 is 2.42 bits per heavy atom. The first-order valence-corrected chi connectivity index (χ1v) is 8.94. The maximum Gasteiger partial charge on any atom is 0.249 e. The van der Waals surface area contributed by atoms with Gasteiger partial charge in [0.1, 0.15) is 6.10 Å². The number of rotatable bonds is 7. The van der Waals surface area contributed by atoms with Gasteiger partial charge in [0.2, 0.25) is 5.91 Å². The van der Waals surface area contributed by atoms with Gasteiger partial charge in [-0.2, -0.15) is 0 Å². The number of hydrogen-bond donors (Lipinski definition) is 2. The van der Waals surface area contributed by atoms with Crippen LogP contribution in [0, 0.1) is 11.8 Å². The normalized spacial score (nSPS) is 25.2. The molecule has 0 unspecified atom stereocenters. The third-order valence-electron chi connectivity index (χ3n) is 4.96. The topological polar surface area (TPSA) is 67.6 Å². The number of hydrogen-bond acceptors (Lipinski definition) is 4. The molecule has 0 aromatic heterocycles. The maximum absolute atomic E-state index is 12.1. The summed E-state index contributed by atoms with van der Waals surface area (Å²) in [5, 5.41) is 3.08. The summed E-state index contributed by atoms with van der Waals surface area (Å²) >= 11 is 0. The van der Waals surface area contributed by atoms with Crippen LogP contribution in [0.25, 0.3) is 0 Å². The lowest BCUT2D eigenvalue weighted by atomic mass is 9.96. The van der Waals surface area contributed by atoms with E-state index < -0.39 is 0 Å². The second-order valence-corrected chi connectivity index (χ2v) is 7.27. The SMILES string of the molecule is CC(C)CCN1CCC(CNC(=O)[C@@H]2CC[C@H](CN)O2)CC1.Cl.Cl. The summed E-state index contributed by atoms with van der Waals surface area (Å²) in [7, 11) is 0. The number of nitrogens with two attached hydrogens (primary N) is 1. The smallest absolute Gasteiger partial charge is 0.249 e. The van der Waals surface area contributed by atoms with Crippen LogP contribution in [0.5, 0.6) is 0 Å². The quantitative estimate of drug-likeness (QED) is 0.706. The third-order valence-corrected chi connectivity index (χ3v) is 4.96. The first-order valence-electron chi connectivity index (χ1n) is 8.94. The largest absolute Gasteiger partial charge is 0.364 e. The highest BCUT2D eigenvalue weighted by Gasteiger charge is 2.30. The van der Waals surface area contributed by atoms with E-state index in [1.807, 2.05) is 0 Å². The van der Waals surface area contributed by atoms with Crippen molar-refractivity contribution in [2.75, 3.05) is 32.7 Å². The van der Waals surface area contributed by atoms with Gasteiger partial charge in [-0.05, 0) is 63.6 Å². The van der Waals surface area contributed by atoms with Crippen LogP contribution in [0.15, 0.2) is 0 Å². The summed E-state index contributed by atoms with van der Waals surface area (Å²) in [4.78, 5) is 14.7. The van der Waals surface area contributed by atoms with Crippen molar-refractivity contribution in [2.24, 2.45) is 17.6 Å². The maximum atomic E-state index is 12.1. The molecule has 2 fully saturated rings. The Morgan fingerprint density at radius 1 is 1.21 bits per heavy atom. The zero-order valence-electron chi connectivity index (χ0n) is 15.0. The van der Waals surface area contributed by atoms with Crippen molar-refractivity contribution >= 4 is 30.7 Å². The summed E-state index contributed by atoms with van der Waals surface area (Å²) in [6.07, 6.45) is 5.16. The number of carbonyl (C=O) groups excluding carboxylic acids is 1. The number of carbonyl (C=O) groups is 1. The van der Waals surface area contributed by atoms with E-state index in [0.717, 1.165) is 25.3 Å². The zero-order valence-corrected chi connectivity index (χ0v) is 16.7. The van der Waals surface area contributed by atoms with Gasteiger partial charge in [-0.15, -0.1) is 24.8 Å². The molecule has 1 amide bonds. The second-order valence-electron chi connectivity index (χ2n) is 7.27. The van der Waals surface area contributed by atoms with Gasteiger partial charge in [-0.25, -0.2) is 0 Å². The molecule has 0 radical (unpaired) electrons. The lowest BCUT2D eigenvalue weighted by Crippen LogP contribution is -2.42. The Bertz CT molecular complexity index is 351. The summed E-state index contributed by atoms with van der Waals surface area (Å²) in [6, 6.07) is 0. The Kier molecular flexibility index (Phi) is 12.3.